The SMILES string of the molecule is O=C(/C=C/c1ccc(-c2ccc(F)cc2)nc1)Nc1nccs1. The number of aromatic nitrogens is 2. The van der Waals surface area contributed by atoms with Gasteiger partial charge in [0.25, 0.3) is 0 Å². The summed E-state index contributed by atoms with van der Waals surface area (Å²) < 4.78 is 12.9. The molecule has 0 atom stereocenters. The minimum absolute atomic E-state index is 0.248. The molecular weight excluding hydrogens is 313 g/mol. The van der Waals surface area contributed by atoms with Crippen LogP contribution in [-0.2, 0) is 4.79 Å². The van der Waals surface area contributed by atoms with E-state index in [0.717, 1.165) is 16.8 Å². The summed E-state index contributed by atoms with van der Waals surface area (Å²) >= 11 is 1.36. The number of rotatable bonds is 4. The maximum absolute atomic E-state index is 12.9. The Hall–Kier alpha value is -2.86. The van der Waals surface area contributed by atoms with Gasteiger partial charge in [0.1, 0.15) is 5.82 Å². The largest absolute Gasteiger partial charge is 0.298 e. The summed E-state index contributed by atoms with van der Waals surface area (Å²) in [5, 5.41) is 5.01. The smallest absolute Gasteiger partial charge is 0.250 e. The molecular formula is C17H12FN3OS. The molecule has 6 heteroatoms. The number of thiazole rings is 1. The van der Waals surface area contributed by atoms with Crippen LogP contribution in [0.4, 0.5) is 9.52 Å². The summed E-state index contributed by atoms with van der Waals surface area (Å²) in [6, 6.07) is 9.81. The third-order valence-electron chi connectivity index (χ3n) is 3.02. The fraction of sp³-hybridized carbons (Fsp3) is 0. The molecule has 0 aliphatic heterocycles. The highest BCUT2D eigenvalue weighted by molar-refractivity contribution is 7.13. The van der Waals surface area contributed by atoms with Crippen molar-refractivity contribution >= 4 is 28.5 Å². The van der Waals surface area contributed by atoms with E-state index >= 15 is 0 Å². The van der Waals surface area contributed by atoms with Crippen LogP contribution in [0.5, 0.6) is 0 Å². The van der Waals surface area contributed by atoms with Crippen LogP contribution in [0.3, 0.4) is 0 Å². The number of pyridine rings is 1. The Balaban J connectivity index is 1.66. The number of amides is 1. The highest BCUT2D eigenvalue weighted by atomic mass is 32.1. The van der Waals surface area contributed by atoms with E-state index in [1.165, 1.54) is 29.5 Å². The van der Waals surface area contributed by atoms with Crippen molar-refractivity contribution in [3.63, 3.8) is 0 Å². The molecule has 0 saturated heterocycles. The second kappa shape index (κ2) is 6.93. The molecule has 0 bridgehead atoms. The Labute approximate surface area is 136 Å². The average molecular weight is 325 g/mol. The fourth-order valence-corrected chi connectivity index (χ4v) is 2.43. The lowest BCUT2D eigenvalue weighted by Gasteiger charge is -2.01. The number of nitrogens with one attached hydrogen (secondary N) is 1. The maximum atomic E-state index is 12.9. The summed E-state index contributed by atoms with van der Waals surface area (Å²) in [5.41, 5.74) is 2.38. The van der Waals surface area contributed by atoms with Gasteiger partial charge in [-0.2, -0.15) is 0 Å². The van der Waals surface area contributed by atoms with Crippen molar-refractivity contribution in [1.82, 2.24) is 9.97 Å². The average Bonchev–Trinajstić information content (AvgIpc) is 3.07. The van der Waals surface area contributed by atoms with Crippen LogP contribution in [-0.4, -0.2) is 15.9 Å². The molecule has 1 aromatic carbocycles. The number of anilines is 1. The monoisotopic (exact) mass is 325 g/mol. The zero-order valence-corrected chi connectivity index (χ0v) is 12.8. The predicted octanol–water partition coefficient (Wildman–Crippen LogP) is 4.00. The van der Waals surface area contributed by atoms with Crippen LogP contribution < -0.4 is 5.32 Å². The highest BCUT2D eigenvalue weighted by Crippen LogP contribution is 2.17. The Morgan fingerprint density at radius 3 is 2.61 bits per heavy atom. The molecule has 4 nitrogen and oxygen atoms in total. The standard InChI is InChI=1S/C17H12FN3OS/c18-14-5-3-13(4-6-14)15-7-1-12(11-20-15)2-8-16(22)21-17-19-9-10-23-17/h1-11H,(H,19,21,22)/b8-2+. The molecule has 3 aromatic rings. The summed E-state index contributed by atoms with van der Waals surface area (Å²) in [4.78, 5) is 20.0. The number of hydrogen-bond acceptors (Lipinski definition) is 4. The topological polar surface area (TPSA) is 54.9 Å². The molecule has 114 valence electrons. The van der Waals surface area contributed by atoms with Crippen LogP contribution in [0.25, 0.3) is 17.3 Å². The van der Waals surface area contributed by atoms with Crippen LogP contribution in [0, 0.1) is 5.82 Å². The zero-order chi connectivity index (χ0) is 16.1. The van der Waals surface area contributed by atoms with Gasteiger partial charge in [-0.15, -0.1) is 11.3 Å². The van der Waals surface area contributed by atoms with Crippen molar-refractivity contribution in [2.24, 2.45) is 0 Å². The molecule has 2 heterocycles. The van der Waals surface area contributed by atoms with E-state index in [2.05, 4.69) is 15.3 Å². The first kappa shape index (κ1) is 15.1. The molecule has 0 unspecified atom stereocenters. The summed E-state index contributed by atoms with van der Waals surface area (Å²) in [5.74, 6) is -0.526. The quantitative estimate of drug-likeness (QED) is 0.738. The number of benzene rings is 1. The van der Waals surface area contributed by atoms with Crippen LogP contribution in [0.1, 0.15) is 5.56 Å². The van der Waals surface area contributed by atoms with Crippen molar-refractivity contribution in [2.75, 3.05) is 5.32 Å². The Kier molecular flexibility index (Phi) is 4.54. The molecule has 2 aromatic heterocycles. The molecule has 23 heavy (non-hydrogen) atoms. The van der Waals surface area contributed by atoms with Gasteiger partial charge in [0, 0.05) is 29.4 Å². The third kappa shape index (κ3) is 4.08. The molecule has 0 spiro atoms. The lowest BCUT2D eigenvalue weighted by molar-refractivity contribution is -0.111. The van der Waals surface area contributed by atoms with Gasteiger partial charge in [-0.3, -0.25) is 15.1 Å². The van der Waals surface area contributed by atoms with Crippen molar-refractivity contribution in [3.05, 3.63) is 71.6 Å². The first-order valence-electron chi connectivity index (χ1n) is 6.81. The van der Waals surface area contributed by atoms with E-state index in [4.69, 9.17) is 0 Å². The lowest BCUT2D eigenvalue weighted by atomic mass is 10.1. The van der Waals surface area contributed by atoms with Crippen LogP contribution in [0.15, 0.2) is 60.2 Å². The van der Waals surface area contributed by atoms with Gasteiger partial charge < -0.3 is 0 Å². The first-order chi connectivity index (χ1) is 11.2. The summed E-state index contributed by atoms with van der Waals surface area (Å²) in [7, 11) is 0. The van der Waals surface area contributed by atoms with Gasteiger partial charge in [-0.1, -0.05) is 6.07 Å². The molecule has 3 rings (SSSR count). The summed E-state index contributed by atoms with van der Waals surface area (Å²) in [6.07, 6.45) is 6.38. The van der Waals surface area contributed by atoms with Crippen molar-refractivity contribution in [2.45, 2.75) is 0 Å². The maximum Gasteiger partial charge on any atom is 0.250 e. The number of carbonyl (C=O) groups is 1. The van der Waals surface area contributed by atoms with E-state index in [-0.39, 0.29) is 11.7 Å². The Bertz CT molecular complexity index is 812. The minimum Gasteiger partial charge on any atom is -0.298 e. The first-order valence-corrected chi connectivity index (χ1v) is 7.69. The van der Waals surface area contributed by atoms with Gasteiger partial charge in [-0.05, 0) is 42.0 Å². The molecule has 1 N–H and O–H groups in total. The second-order valence-electron chi connectivity index (χ2n) is 4.64. The van der Waals surface area contributed by atoms with E-state index in [9.17, 15) is 9.18 Å². The molecule has 0 aliphatic rings. The van der Waals surface area contributed by atoms with E-state index in [1.54, 1.807) is 36.0 Å². The molecule has 1 amide bonds. The van der Waals surface area contributed by atoms with Gasteiger partial charge in [0.05, 0.1) is 5.69 Å². The molecule has 0 aliphatic carbocycles. The van der Waals surface area contributed by atoms with Crippen LogP contribution >= 0.6 is 11.3 Å². The molecule has 0 radical (unpaired) electrons. The van der Waals surface area contributed by atoms with Crippen molar-refractivity contribution in [1.29, 1.82) is 0 Å². The van der Waals surface area contributed by atoms with Gasteiger partial charge >= 0.3 is 0 Å². The van der Waals surface area contributed by atoms with Gasteiger partial charge in [-0.25, -0.2) is 9.37 Å². The van der Waals surface area contributed by atoms with Crippen molar-refractivity contribution in [3.8, 4) is 11.3 Å². The third-order valence-corrected chi connectivity index (χ3v) is 3.70. The number of hydrogen-bond donors (Lipinski definition) is 1. The number of carbonyl (C=O) groups excluding carboxylic acids is 1. The van der Waals surface area contributed by atoms with Gasteiger partial charge in [0.15, 0.2) is 5.13 Å². The number of halogens is 1. The second-order valence-corrected chi connectivity index (χ2v) is 5.54. The van der Waals surface area contributed by atoms with Crippen LogP contribution in [0.2, 0.25) is 0 Å². The predicted molar refractivity (Wildman–Crippen MR) is 89.4 cm³/mol. The van der Waals surface area contributed by atoms with E-state index in [0.29, 0.717) is 5.13 Å². The normalized spacial score (nSPS) is 10.8. The molecule has 0 fully saturated rings. The highest BCUT2D eigenvalue weighted by Gasteiger charge is 2.01. The number of nitrogens with zero attached hydrogens (tertiary/aromatic N) is 2. The van der Waals surface area contributed by atoms with Crippen molar-refractivity contribution < 1.29 is 9.18 Å². The zero-order valence-electron chi connectivity index (χ0n) is 11.9. The summed E-state index contributed by atoms with van der Waals surface area (Å²) in [6.45, 7) is 0. The Morgan fingerprint density at radius 2 is 1.96 bits per heavy atom. The van der Waals surface area contributed by atoms with Gasteiger partial charge in [0.2, 0.25) is 5.91 Å². The minimum atomic E-state index is -0.278. The molecule has 0 saturated carbocycles. The fourth-order valence-electron chi connectivity index (χ4n) is 1.90. The van der Waals surface area contributed by atoms with E-state index < -0.39 is 0 Å². The lowest BCUT2D eigenvalue weighted by Crippen LogP contribution is -2.07. The Morgan fingerprint density at radius 1 is 1.13 bits per heavy atom. The van der Waals surface area contributed by atoms with E-state index in [1.807, 2.05) is 12.1 Å².